The molecule has 0 atom stereocenters. The van der Waals surface area contributed by atoms with E-state index in [1.807, 2.05) is 19.0 Å². The number of anilines is 1. The summed E-state index contributed by atoms with van der Waals surface area (Å²) < 4.78 is 0. The van der Waals surface area contributed by atoms with Crippen LogP contribution in [0.4, 0.5) is 5.95 Å². The van der Waals surface area contributed by atoms with Crippen molar-refractivity contribution in [2.75, 3.05) is 19.8 Å². The van der Waals surface area contributed by atoms with Crippen LogP contribution in [-0.4, -0.2) is 33.9 Å². The molecular weight excluding hydrogens is 154 g/mol. The fraction of sp³-hybridized carbons (Fsp3) is 0.571. The average molecular weight is 167 g/mol. The van der Waals surface area contributed by atoms with Crippen LogP contribution in [-0.2, 0) is 6.54 Å². The van der Waals surface area contributed by atoms with Crippen LogP contribution in [0.3, 0.4) is 0 Å². The molecule has 0 saturated carbocycles. The Kier molecular flexibility index (Phi) is 2.54. The fourth-order valence-electron chi connectivity index (χ4n) is 0.913. The highest BCUT2D eigenvalue weighted by molar-refractivity contribution is 5.15. The molecular formula is C7H13N5. The van der Waals surface area contributed by atoms with Gasteiger partial charge in [0.05, 0.1) is 6.54 Å². The smallest absolute Gasteiger partial charge is 0.223 e. The van der Waals surface area contributed by atoms with Gasteiger partial charge < -0.3 is 10.6 Å². The van der Waals surface area contributed by atoms with Crippen molar-refractivity contribution in [3.05, 3.63) is 11.6 Å². The zero-order chi connectivity index (χ0) is 9.14. The van der Waals surface area contributed by atoms with Gasteiger partial charge in [-0.25, -0.2) is 4.98 Å². The highest BCUT2D eigenvalue weighted by atomic mass is 15.1. The molecule has 12 heavy (non-hydrogen) atoms. The lowest BCUT2D eigenvalue weighted by Crippen LogP contribution is -2.15. The van der Waals surface area contributed by atoms with Crippen LogP contribution in [0, 0.1) is 6.92 Å². The minimum atomic E-state index is 0.291. The Bertz CT molecular complexity index is 250. The molecule has 0 aliphatic heterocycles. The van der Waals surface area contributed by atoms with E-state index in [1.165, 1.54) is 0 Å². The van der Waals surface area contributed by atoms with Gasteiger partial charge in [0.1, 0.15) is 11.6 Å². The lowest BCUT2D eigenvalue weighted by Gasteiger charge is -2.07. The number of hydrogen-bond acceptors (Lipinski definition) is 5. The molecule has 5 nitrogen and oxygen atoms in total. The number of nitrogens with zero attached hydrogens (tertiary/aromatic N) is 4. The van der Waals surface area contributed by atoms with Gasteiger partial charge in [0, 0.05) is 0 Å². The van der Waals surface area contributed by atoms with Crippen molar-refractivity contribution in [2.24, 2.45) is 0 Å². The first-order valence-corrected chi connectivity index (χ1v) is 3.69. The van der Waals surface area contributed by atoms with Gasteiger partial charge in [-0.1, -0.05) is 0 Å². The van der Waals surface area contributed by atoms with Crippen molar-refractivity contribution in [3.63, 3.8) is 0 Å². The summed E-state index contributed by atoms with van der Waals surface area (Å²) in [7, 11) is 3.91. The van der Waals surface area contributed by atoms with E-state index in [0.29, 0.717) is 24.1 Å². The van der Waals surface area contributed by atoms with Crippen LogP contribution in [0.15, 0.2) is 0 Å². The first-order chi connectivity index (χ1) is 5.58. The topological polar surface area (TPSA) is 67.9 Å². The number of aromatic nitrogens is 3. The van der Waals surface area contributed by atoms with E-state index in [9.17, 15) is 0 Å². The SMILES string of the molecule is Cc1nc(N)nc(CN(C)C)n1. The Balaban J connectivity index is 2.85. The molecule has 1 aromatic heterocycles. The van der Waals surface area contributed by atoms with Crippen LogP contribution in [0.2, 0.25) is 0 Å². The van der Waals surface area contributed by atoms with E-state index in [0.717, 1.165) is 0 Å². The number of aryl methyl sites for hydroxylation is 1. The van der Waals surface area contributed by atoms with E-state index >= 15 is 0 Å². The Morgan fingerprint density at radius 2 is 1.92 bits per heavy atom. The highest BCUT2D eigenvalue weighted by Crippen LogP contribution is 1.97. The minimum Gasteiger partial charge on any atom is -0.368 e. The Morgan fingerprint density at radius 1 is 1.25 bits per heavy atom. The zero-order valence-electron chi connectivity index (χ0n) is 7.57. The predicted molar refractivity (Wildman–Crippen MR) is 46.4 cm³/mol. The summed E-state index contributed by atoms with van der Waals surface area (Å²) >= 11 is 0. The van der Waals surface area contributed by atoms with Gasteiger partial charge in [-0.2, -0.15) is 9.97 Å². The second-order valence-corrected chi connectivity index (χ2v) is 2.89. The van der Waals surface area contributed by atoms with Crippen LogP contribution in [0.1, 0.15) is 11.6 Å². The van der Waals surface area contributed by atoms with Gasteiger partial charge in [-0.3, -0.25) is 0 Å². The van der Waals surface area contributed by atoms with Crippen molar-refractivity contribution < 1.29 is 0 Å². The third-order valence-corrected chi connectivity index (χ3v) is 1.27. The summed E-state index contributed by atoms with van der Waals surface area (Å²) in [4.78, 5) is 14.0. The second kappa shape index (κ2) is 3.44. The summed E-state index contributed by atoms with van der Waals surface area (Å²) in [6.07, 6.45) is 0. The quantitative estimate of drug-likeness (QED) is 0.662. The molecule has 0 bridgehead atoms. The van der Waals surface area contributed by atoms with E-state index in [1.54, 1.807) is 6.92 Å². The maximum absolute atomic E-state index is 5.45. The molecule has 0 fully saturated rings. The molecule has 0 aliphatic rings. The molecule has 0 amide bonds. The fourth-order valence-corrected chi connectivity index (χ4v) is 0.913. The molecule has 1 rings (SSSR count). The van der Waals surface area contributed by atoms with Crippen molar-refractivity contribution in [2.45, 2.75) is 13.5 Å². The van der Waals surface area contributed by atoms with Gasteiger partial charge in [-0.15, -0.1) is 0 Å². The summed E-state index contributed by atoms with van der Waals surface area (Å²) in [6, 6.07) is 0. The molecule has 2 N–H and O–H groups in total. The van der Waals surface area contributed by atoms with Crippen LogP contribution < -0.4 is 5.73 Å². The minimum absolute atomic E-state index is 0.291. The maximum atomic E-state index is 5.45. The molecule has 0 saturated heterocycles. The predicted octanol–water partition coefficient (Wildman–Crippen LogP) is -0.176. The van der Waals surface area contributed by atoms with Gasteiger partial charge in [0.15, 0.2) is 0 Å². The number of nitrogen functional groups attached to an aromatic ring is 1. The van der Waals surface area contributed by atoms with Crippen molar-refractivity contribution in [1.29, 1.82) is 0 Å². The van der Waals surface area contributed by atoms with Gasteiger partial charge in [0.2, 0.25) is 5.95 Å². The van der Waals surface area contributed by atoms with E-state index in [4.69, 9.17) is 5.73 Å². The molecule has 0 aliphatic carbocycles. The lowest BCUT2D eigenvalue weighted by molar-refractivity contribution is 0.389. The second-order valence-electron chi connectivity index (χ2n) is 2.89. The molecule has 0 aromatic carbocycles. The summed E-state index contributed by atoms with van der Waals surface area (Å²) in [5.74, 6) is 1.67. The summed E-state index contributed by atoms with van der Waals surface area (Å²) in [6.45, 7) is 2.49. The third-order valence-electron chi connectivity index (χ3n) is 1.27. The van der Waals surface area contributed by atoms with Crippen molar-refractivity contribution in [1.82, 2.24) is 19.9 Å². The number of nitrogens with two attached hydrogens (primary N) is 1. The van der Waals surface area contributed by atoms with Crippen molar-refractivity contribution in [3.8, 4) is 0 Å². The van der Waals surface area contributed by atoms with Gasteiger partial charge in [0.25, 0.3) is 0 Å². The molecule has 66 valence electrons. The van der Waals surface area contributed by atoms with E-state index < -0.39 is 0 Å². The molecule has 0 unspecified atom stereocenters. The summed E-state index contributed by atoms with van der Waals surface area (Å²) in [5, 5.41) is 0. The Hall–Kier alpha value is -1.23. The molecule has 1 heterocycles. The Morgan fingerprint density at radius 3 is 2.42 bits per heavy atom. The standard InChI is InChI=1S/C7H13N5/c1-5-9-6(4-12(2)3)11-7(8)10-5/h4H2,1-3H3,(H2,8,9,10,11). The summed E-state index contributed by atoms with van der Waals surface area (Å²) in [5.41, 5.74) is 5.45. The molecule has 5 heteroatoms. The van der Waals surface area contributed by atoms with E-state index in [-0.39, 0.29) is 0 Å². The van der Waals surface area contributed by atoms with Gasteiger partial charge in [-0.05, 0) is 21.0 Å². The largest absolute Gasteiger partial charge is 0.368 e. The van der Waals surface area contributed by atoms with Gasteiger partial charge >= 0.3 is 0 Å². The lowest BCUT2D eigenvalue weighted by atomic mass is 10.5. The highest BCUT2D eigenvalue weighted by Gasteiger charge is 2.01. The van der Waals surface area contributed by atoms with Crippen LogP contribution in [0.5, 0.6) is 0 Å². The first-order valence-electron chi connectivity index (χ1n) is 3.69. The van der Waals surface area contributed by atoms with Crippen LogP contribution >= 0.6 is 0 Å². The average Bonchev–Trinajstić information content (AvgIpc) is 1.81. The Labute approximate surface area is 71.6 Å². The monoisotopic (exact) mass is 167 g/mol. The third kappa shape index (κ3) is 2.43. The van der Waals surface area contributed by atoms with Crippen LogP contribution in [0.25, 0.3) is 0 Å². The number of hydrogen-bond donors (Lipinski definition) is 1. The molecule has 0 spiro atoms. The number of rotatable bonds is 2. The maximum Gasteiger partial charge on any atom is 0.223 e. The van der Waals surface area contributed by atoms with E-state index in [2.05, 4.69) is 15.0 Å². The molecule has 0 radical (unpaired) electrons. The van der Waals surface area contributed by atoms with Crippen molar-refractivity contribution >= 4 is 5.95 Å². The normalized spacial score (nSPS) is 10.7. The first kappa shape index (κ1) is 8.86. The molecule has 1 aromatic rings. The zero-order valence-corrected chi connectivity index (χ0v) is 7.57.